The standard InChI is InChI=1S/C7H15NO4/c1-3-5(10)7(12)6(11)4(2-9)8-3/h3-12H,2H2,1H3/t3?,4-,5+,6-,7+/m0/s1. The third-order valence-corrected chi connectivity index (χ3v) is 2.30. The number of hydrogen-bond acceptors (Lipinski definition) is 5. The summed E-state index contributed by atoms with van der Waals surface area (Å²) in [4.78, 5) is 0. The summed E-state index contributed by atoms with van der Waals surface area (Å²) in [6.07, 6.45) is -3.28. The summed E-state index contributed by atoms with van der Waals surface area (Å²) in [6.45, 7) is 1.43. The third kappa shape index (κ3) is 1.60. The maximum atomic E-state index is 9.29. The Labute approximate surface area is 70.6 Å². The van der Waals surface area contributed by atoms with Crippen molar-refractivity contribution < 1.29 is 20.4 Å². The van der Waals surface area contributed by atoms with Crippen molar-refractivity contribution in [1.29, 1.82) is 0 Å². The van der Waals surface area contributed by atoms with Crippen molar-refractivity contribution in [3.05, 3.63) is 0 Å². The van der Waals surface area contributed by atoms with Crippen molar-refractivity contribution in [2.45, 2.75) is 37.3 Å². The number of piperidine rings is 1. The molecule has 72 valence electrons. The Hall–Kier alpha value is -0.200. The molecule has 0 radical (unpaired) electrons. The minimum Gasteiger partial charge on any atom is -0.395 e. The van der Waals surface area contributed by atoms with Crippen LogP contribution in [0.3, 0.4) is 0 Å². The molecule has 1 fully saturated rings. The molecule has 5 N–H and O–H groups in total. The highest BCUT2D eigenvalue weighted by Gasteiger charge is 2.39. The molecule has 0 aromatic heterocycles. The van der Waals surface area contributed by atoms with E-state index in [2.05, 4.69) is 5.32 Å². The fourth-order valence-corrected chi connectivity index (χ4v) is 1.43. The van der Waals surface area contributed by atoms with Crippen LogP contribution in [0, 0.1) is 0 Å². The monoisotopic (exact) mass is 177 g/mol. The van der Waals surface area contributed by atoms with Gasteiger partial charge in [-0.15, -0.1) is 0 Å². The van der Waals surface area contributed by atoms with Gasteiger partial charge in [-0.3, -0.25) is 0 Å². The molecule has 5 atom stereocenters. The van der Waals surface area contributed by atoms with Crippen LogP contribution in [0.5, 0.6) is 0 Å². The van der Waals surface area contributed by atoms with Gasteiger partial charge in [-0.2, -0.15) is 0 Å². The Morgan fingerprint density at radius 3 is 2.17 bits per heavy atom. The van der Waals surface area contributed by atoms with Gasteiger partial charge in [0.25, 0.3) is 0 Å². The van der Waals surface area contributed by atoms with E-state index in [0.29, 0.717) is 0 Å². The van der Waals surface area contributed by atoms with Gasteiger partial charge in [-0.1, -0.05) is 0 Å². The van der Waals surface area contributed by atoms with Crippen LogP contribution in [0.2, 0.25) is 0 Å². The Kier molecular flexibility index (Phi) is 3.03. The lowest BCUT2D eigenvalue weighted by molar-refractivity contribution is -0.116. The summed E-state index contributed by atoms with van der Waals surface area (Å²) < 4.78 is 0. The largest absolute Gasteiger partial charge is 0.395 e. The first-order valence-corrected chi connectivity index (χ1v) is 3.99. The summed E-state index contributed by atoms with van der Waals surface area (Å²) >= 11 is 0. The van der Waals surface area contributed by atoms with Crippen molar-refractivity contribution in [3.63, 3.8) is 0 Å². The summed E-state index contributed by atoms with van der Waals surface area (Å²) in [5, 5.41) is 39.4. The molecule has 1 aliphatic rings. The van der Waals surface area contributed by atoms with Gasteiger partial charge in [0.05, 0.1) is 24.9 Å². The fourth-order valence-electron chi connectivity index (χ4n) is 1.43. The molecular formula is C7H15NO4. The van der Waals surface area contributed by atoms with Gasteiger partial charge in [0.1, 0.15) is 6.10 Å². The molecule has 0 spiro atoms. The molecule has 1 heterocycles. The lowest BCUT2D eigenvalue weighted by Gasteiger charge is -2.39. The highest BCUT2D eigenvalue weighted by Crippen LogP contribution is 2.14. The first kappa shape index (κ1) is 9.88. The molecule has 0 aromatic rings. The summed E-state index contributed by atoms with van der Waals surface area (Å²) in [5.74, 6) is 0. The van der Waals surface area contributed by atoms with Crippen LogP contribution in [0.15, 0.2) is 0 Å². The molecule has 12 heavy (non-hydrogen) atoms. The predicted octanol–water partition coefficient (Wildman–Crippen LogP) is -2.58. The molecule has 1 unspecified atom stereocenters. The average molecular weight is 177 g/mol. The third-order valence-electron chi connectivity index (χ3n) is 2.30. The molecule has 5 nitrogen and oxygen atoms in total. The van der Waals surface area contributed by atoms with Crippen LogP contribution < -0.4 is 5.32 Å². The van der Waals surface area contributed by atoms with E-state index in [-0.39, 0.29) is 12.6 Å². The molecule has 0 aromatic carbocycles. The number of rotatable bonds is 1. The van der Waals surface area contributed by atoms with Gasteiger partial charge in [0.15, 0.2) is 0 Å². The average Bonchev–Trinajstić information content (AvgIpc) is 2.08. The van der Waals surface area contributed by atoms with Crippen LogP contribution in [-0.2, 0) is 0 Å². The topological polar surface area (TPSA) is 93.0 Å². The molecule has 1 aliphatic heterocycles. The van der Waals surface area contributed by atoms with Crippen molar-refractivity contribution in [2.75, 3.05) is 6.61 Å². The van der Waals surface area contributed by atoms with Crippen molar-refractivity contribution in [3.8, 4) is 0 Å². The predicted molar refractivity (Wildman–Crippen MR) is 41.5 cm³/mol. The van der Waals surface area contributed by atoms with Gasteiger partial charge >= 0.3 is 0 Å². The quantitative estimate of drug-likeness (QED) is 0.303. The molecule has 0 aliphatic carbocycles. The fraction of sp³-hybridized carbons (Fsp3) is 1.00. The van der Waals surface area contributed by atoms with Crippen LogP contribution >= 0.6 is 0 Å². The molecule has 0 bridgehead atoms. The van der Waals surface area contributed by atoms with E-state index in [1.54, 1.807) is 6.92 Å². The number of aliphatic hydroxyl groups is 4. The Morgan fingerprint density at radius 2 is 1.67 bits per heavy atom. The summed E-state index contributed by atoms with van der Waals surface area (Å²) in [5.41, 5.74) is 0. The number of nitrogens with one attached hydrogen (secondary N) is 1. The second-order valence-corrected chi connectivity index (χ2v) is 3.22. The summed E-state index contributed by atoms with van der Waals surface area (Å²) in [7, 11) is 0. The van der Waals surface area contributed by atoms with Gasteiger partial charge in [0.2, 0.25) is 0 Å². The minimum atomic E-state index is -1.18. The smallest absolute Gasteiger partial charge is 0.109 e. The van der Waals surface area contributed by atoms with Crippen molar-refractivity contribution in [2.24, 2.45) is 0 Å². The number of aliphatic hydroxyl groups excluding tert-OH is 4. The van der Waals surface area contributed by atoms with E-state index in [1.807, 2.05) is 0 Å². The van der Waals surface area contributed by atoms with Crippen molar-refractivity contribution >= 4 is 0 Å². The van der Waals surface area contributed by atoms with Crippen LogP contribution in [0.1, 0.15) is 6.92 Å². The zero-order valence-corrected chi connectivity index (χ0v) is 6.88. The molecule has 5 heteroatoms. The van der Waals surface area contributed by atoms with Gasteiger partial charge in [0, 0.05) is 6.04 Å². The van der Waals surface area contributed by atoms with E-state index >= 15 is 0 Å². The van der Waals surface area contributed by atoms with Gasteiger partial charge in [-0.25, -0.2) is 0 Å². The molecule has 0 saturated carbocycles. The van der Waals surface area contributed by atoms with Crippen LogP contribution in [-0.4, -0.2) is 57.4 Å². The SMILES string of the molecule is CC1N[C@@H](CO)[C@H](O)[C@H](O)[C@@H]1O. The maximum Gasteiger partial charge on any atom is 0.109 e. The minimum absolute atomic E-state index is 0.255. The van der Waals surface area contributed by atoms with Crippen LogP contribution in [0.25, 0.3) is 0 Å². The van der Waals surface area contributed by atoms with Gasteiger partial charge in [-0.05, 0) is 6.92 Å². The summed E-state index contributed by atoms with van der Waals surface area (Å²) in [6, 6.07) is -0.876. The number of hydrogen-bond donors (Lipinski definition) is 5. The highest BCUT2D eigenvalue weighted by atomic mass is 16.4. The van der Waals surface area contributed by atoms with Gasteiger partial charge < -0.3 is 25.7 Å². The van der Waals surface area contributed by atoms with E-state index in [4.69, 9.17) is 5.11 Å². The van der Waals surface area contributed by atoms with E-state index in [9.17, 15) is 15.3 Å². The first-order valence-electron chi connectivity index (χ1n) is 3.99. The van der Waals surface area contributed by atoms with E-state index < -0.39 is 24.4 Å². The van der Waals surface area contributed by atoms with Crippen molar-refractivity contribution in [1.82, 2.24) is 5.32 Å². The zero-order valence-electron chi connectivity index (χ0n) is 6.88. The second kappa shape index (κ2) is 3.68. The molecular weight excluding hydrogens is 162 g/mol. The normalized spacial score (nSPS) is 49.2. The van der Waals surface area contributed by atoms with E-state index in [1.165, 1.54) is 0 Å². The molecule has 0 amide bonds. The first-order chi connectivity index (χ1) is 5.57. The Bertz CT molecular complexity index is 150. The molecule has 1 rings (SSSR count). The molecule has 1 saturated heterocycles. The Morgan fingerprint density at radius 1 is 1.08 bits per heavy atom. The lowest BCUT2D eigenvalue weighted by Crippen LogP contribution is -2.64. The maximum absolute atomic E-state index is 9.29. The second-order valence-electron chi connectivity index (χ2n) is 3.22. The highest BCUT2D eigenvalue weighted by molar-refractivity contribution is 4.96. The van der Waals surface area contributed by atoms with Crippen LogP contribution in [0.4, 0.5) is 0 Å². The lowest BCUT2D eigenvalue weighted by atomic mass is 9.91. The van der Waals surface area contributed by atoms with E-state index in [0.717, 1.165) is 0 Å². The zero-order chi connectivity index (χ0) is 9.30. The Balaban J connectivity index is 2.63.